The first-order valence-corrected chi connectivity index (χ1v) is 8.33. The third-order valence-corrected chi connectivity index (χ3v) is 4.36. The van der Waals surface area contributed by atoms with Gasteiger partial charge in [-0.05, 0) is 44.0 Å². The predicted molar refractivity (Wildman–Crippen MR) is 87.1 cm³/mol. The Labute approximate surface area is 144 Å². The molecule has 2 aromatic rings. The molecule has 3 rings (SSSR count). The van der Waals surface area contributed by atoms with Gasteiger partial charge in [0.15, 0.2) is 5.69 Å². The van der Waals surface area contributed by atoms with Crippen LogP contribution in [0.25, 0.3) is 5.69 Å². The fraction of sp³-hybridized carbons (Fsp3) is 0.471. The first-order valence-electron chi connectivity index (χ1n) is 8.33. The van der Waals surface area contributed by atoms with E-state index in [1.165, 1.54) is 23.2 Å². The Kier molecular flexibility index (Phi) is 5.25. The molecule has 0 spiro atoms. The highest BCUT2D eigenvalue weighted by Crippen LogP contribution is 2.20. The van der Waals surface area contributed by atoms with Gasteiger partial charge in [0.2, 0.25) is 0 Å². The molecule has 1 amide bonds. The number of nitrogens with zero attached hydrogens (tertiary/aromatic N) is 3. The Bertz CT molecular complexity index is 725. The molecule has 134 valence electrons. The standard InChI is InChI=1S/C17H20F2N4O2/c1-11-15(16(24)20-12-5-3-2-4-6-12)21-22-23(11)13-7-9-14(10-8-13)25-17(18)19/h7-10,12,17H,2-6H2,1H3,(H,20,24). The molecule has 25 heavy (non-hydrogen) atoms. The molecule has 1 aliphatic rings. The van der Waals surface area contributed by atoms with Crippen molar-refractivity contribution in [1.29, 1.82) is 0 Å². The van der Waals surface area contributed by atoms with Crippen LogP contribution in [0.5, 0.6) is 5.75 Å². The Balaban J connectivity index is 1.72. The van der Waals surface area contributed by atoms with E-state index in [-0.39, 0.29) is 23.4 Å². The summed E-state index contributed by atoms with van der Waals surface area (Å²) in [4.78, 5) is 12.4. The van der Waals surface area contributed by atoms with Gasteiger partial charge in [0.1, 0.15) is 5.75 Å². The molecular weight excluding hydrogens is 330 g/mol. The van der Waals surface area contributed by atoms with Crippen molar-refractivity contribution in [2.75, 3.05) is 0 Å². The number of carbonyl (C=O) groups is 1. The number of amides is 1. The molecule has 1 aliphatic carbocycles. The first kappa shape index (κ1) is 17.3. The fourth-order valence-electron chi connectivity index (χ4n) is 3.05. The number of rotatable bonds is 5. The van der Waals surface area contributed by atoms with Crippen LogP contribution in [0.3, 0.4) is 0 Å². The molecule has 8 heteroatoms. The van der Waals surface area contributed by atoms with Crippen LogP contribution in [-0.4, -0.2) is 33.6 Å². The van der Waals surface area contributed by atoms with Crippen molar-refractivity contribution in [2.45, 2.75) is 51.7 Å². The summed E-state index contributed by atoms with van der Waals surface area (Å²) in [6.45, 7) is -1.12. The highest BCUT2D eigenvalue weighted by molar-refractivity contribution is 5.93. The molecule has 0 aliphatic heterocycles. The summed E-state index contributed by atoms with van der Waals surface area (Å²) in [5.41, 5.74) is 1.48. The summed E-state index contributed by atoms with van der Waals surface area (Å²) in [5, 5.41) is 11.0. The molecule has 1 fully saturated rings. The minimum atomic E-state index is -2.87. The van der Waals surface area contributed by atoms with Crippen molar-refractivity contribution in [3.05, 3.63) is 35.7 Å². The minimum absolute atomic E-state index is 0.0618. The number of hydrogen-bond acceptors (Lipinski definition) is 4. The Morgan fingerprint density at radius 2 is 1.92 bits per heavy atom. The SMILES string of the molecule is Cc1c(C(=O)NC2CCCCC2)nnn1-c1ccc(OC(F)F)cc1. The molecular formula is C17H20F2N4O2. The van der Waals surface area contributed by atoms with E-state index in [0.29, 0.717) is 11.4 Å². The van der Waals surface area contributed by atoms with E-state index in [9.17, 15) is 13.6 Å². The van der Waals surface area contributed by atoms with Crippen molar-refractivity contribution >= 4 is 5.91 Å². The van der Waals surface area contributed by atoms with Gasteiger partial charge >= 0.3 is 6.61 Å². The summed E-state index contributed by atoms with van der Waals surface area (Å²) in [6, 6.07) is 6.20. The number of aromatic nitrogens is 3. The molecule has 6 nitrogen and oxygen atoms in total. The van der Waals surface area contributed by atoms with Gasteiger partial charge in [0.05, 0.1) is 11.4 Å². The molecule has 0 bridgehead atoms. The number of ether oxygens (including phenoxy) is 1. The summed E-state index contributed by atoms with van der Waals surface area (Å²) in [6.07, 6.45) is 5.45. The molecule has 1 N–H and O–H groups in total. The third-order valence-electron chi connectivity index (χ3n) is 4.36. The zero-order valence-electron chi connectivity index (χ0n) is 13.9. The largest absolute Gasteiger partial charge is 0.435 e. The molecule has 0 unspecified atom stereocenters. The minimum Gasteiger partial charge on any atom is -0.435 e. The second-order valence-corrected chi connectivity index (χ2v) is 6.12. The fourth-order valence-corrected chi connectivity index (χ4v) is 3.05. The van der Waals surface area contributed by atoms with E-state index >= 15 is 0 Å². The lowest BCUT2D eigenvalue weighted by molar-refractivity contribution is -0.0498. The second kappa shape index (κ2) is 7.58. The van der Waals surface area contributed by atoms with Crippen LogP contribution in [0.1, 0.15) is 48.3 Å². The molecule has 0 saturated heterocycles. The van der Waals surface area contributed by atoms with Gasteiger partial charge < -0.3 is 10.1 Å². The Morgan fingerprint density at radius 1 is 1.24 bits per heavy atom. The summed E-state index contributed by atoms with van der Waals surface area (Å²) in [5.74, 6) is -0.167. The summed E-state index contributed by atoms with van der Waals surface area (Å²) >= 11 is 0. The smallest absolute Gasteiger partial charge is 0.387 e. The van der Waals surface area contributed by atoms with E-state index in [4.69, 9.17) is 0 Å². The summed E-state index contributed by atoms with van der Waals surface area (Å²) < 4.78 is 30.2. The third kappa shape index (κ3) is 4.12. The van der Waals surface area contributed by atoms with Crippen molar-refractivity contribution < 1.29 is 18.3 Å². The van der Waals surface area contributed by atoms with Crippen molar-refractivity contribution in [1.82, 2.24) is 20.3 Å². The van der Waals surface area contributed by atoms with Crippen LogP contribution in [0, 0.1) is 6.92 Å². The van der Waals surface area contributed by atoms with Crippen molar-refractivity contribution in [3.63, 3.8) is 0 Å². The van der Waals surface area contributed by atoms with E-state index < -0.39 is 6.61 Å². The molecule has 1 saturated carbocycles. The van der Waals surface area contributed by atoms with Gasteiger partial charge in [0.25, 0.3) is 5.91 Å². The Hall–Kier alpha value is -2.51. The zero-order valence-corrected chi connectivity index (χ0v) is 13.9. The number of benzene rings is 1. The maximum absolute atomic E-state index is 12.4. The normalized spacial score (nSPS) is 15.4. The molecule has 0 radical (unpaired) electrons. The number of hydrogen-bond donors (Lipinski definition) is 1. The van der Waals surface area contributed by atoms with Crippen LogP contribution in [0.4, 0.5) is 8.78 Å². The number of alkyl halides is 2. The summed E-state index contributed by atoms with van der Waals surface area (Å²) in [7, 11) is 0. The van der Waals surface area contributed by atoms with Gasteiger partial charge in [-0.15, -0.1) is 5.10 Å². The predicted octanol–water partition coefficient (Wildman–Crippen LogP) is 3.24. The molecule has 1 aromatic heterocycles. The topological polar surface area (TPSA) is 69.0 Å². The average molecular weight is 350 g/mol. The monoisotopic (exact) mass is 350 g/mol. The van der Waals surface area contributed by atoms with Crippen LogP contribution >= 0.6 is 0 Å². The van der Waals surface area contributed by atoms with E-state index in [0.717, 1.165) is 25.7 Å². The van der Waals surface area contributed by atoms with Crippen LogP contribution in [0.15, 0.2) is 24.3 Å². The van der Waals surface area contributed by atoms with Crippen LogP contribution in [0.2, 0.25) is 0 Å². The van der Waals surface area contributed by atoms with Gasteiger partial charge in [-0.1, -0.05) is 24.5 Å². The highest BCUT2D eigenvalue weighted by Gasteiger charge is 2.21. The molecule has 1 aromatic carbocycles. The average Bonchev–Trinajstić information content (AvgIpc) is 2.98. The second-order valence-electron chi connectivity index (χ2n) is 6.12. The van der Waals surface area contributed by atoms with Gasteiger partial charge in [0, 0.05) is 6.04 Å². The van der Waals surface area contributed by atoms with Crippen LogP contribution < -0.4 is 10.1 Å². The maximum Gasteiger partial charge on any atom is 0.387 e. The molecule has 0 atom stereocenters. The van der Waals surface area contributed by atoms with E-state index in [1.54, 1.807) is 19.1 Å². The molecule has 1 heterocycles. The number of carbonyl (C=O) groups excluding carboxylic acids is 1. The van der Waals surface area contributed by atoms with Crippen LogP contribution in [-0.2, 0) is 0 Å². The van der Waals surface area contributed by atoms with Crippen molar-refractivity contribution in [3.8, 4) is 11.4 Å². The van der Waals surface area contributed by atoms with E-state index in [2.05, 4.69) is 20.4 Å². The number of halogens is 2. The quantitative estimate of drug-likeness (QED) is 0.899. The van der Waals surface area contributed by atoms with Gasteiger partial charge in [-0.3, -0.25) is 4.79 Å². The maximum atomic E-state index is 12.4. The van der Waals surface area contributed by atoms with E-state index in [1.807, 2.05) is 0 Å². The van der Waals surface area contributed by atoms with Gasteiger partial charge in [-0.2, -0.15) is 8.78 Å². The Morgan fingerprint density at radius 3 is 2.56 bits per heavy atom. The zero-order chi connectivity index (χ0) is 17.8. The number of nitrogens with one attached hydrogen (secondary N) is 1. The van der Waals surface area contributed by atoms with Crippen molar-refractivity contribution in [2.24, 2.45) is 0 Å². The lowest BCUT2D eigenvalue weighted by Gasteiger charge is -2.22. The highest BCUT2D eigenvalue weighted by atomic mass is 19.3. The lowest BCUT2D eigenvalue weighted by Crippen LogP contribution is -2.36. The lowest BCUT2D eigenvalue weighted by atomic mass is 9.95. The van der Waals surface area contributed by atoms with Gasteiger partial charge in [-0.25, -0.2) is 4.68 Å². The first-order chi connectivity index (χ1) is 12.0.